The molecule has 0 unspecified atom stereocenters. The van der Waals surface area contributed by atoms with E-state index in [4.69, 9.17) is 0 Å². The van der Waals surface area contributed by atoms with Crippen LogP contribution in [0.25, 0.3) is 0 Å². The first-order valence-electron chi connectivity index (χ1n) is 4.36. The number of sulfone groups is 1. The first-order valence-corrected chi connectivity index (χ1v) is 7.04. The van der Waals surface area contributed by atoms with E-state index in [9.17, 15) is 13.2 Å². The highest BCUT2D eigenvalue weighted by atomic mass is 79.9. The summed E-state index contributed by atoms with van der Waals surface area (Å²) in [6.45, 7) is 1.67. The molecule has 6 heteroatoms. The first-order chi connectivity index (χ1) is 7.27. The van der Waals surface area contributed by atoms with Gasteiger partial charge in [0.15, 0.2) is 9.84 Å². The molecule has 0 spiro atoms. The molecule has 1 rings (SSSR count). The Labute approximate surface area is 103 Å². The highest BCUT2D eigenvalue weighted by Gasteiger charge is 2.17. The van der Waals surface area contributed by atoms with Gasteiger partial charge in [-0.1, -0.05) is 15.9 Å². The average molecular weight is 307 g/mol. The summed E-state index contributed by atoms with van der Waals surface area (Å²) in [5.74, 6) is -0.564. The van der Waals surface area contributed by atoms with Crippen molar-refractivity contribution >= 4 is 31.7 Å². The van der Waals surface area contributed by atoms with Gasteiger partial charge in [0, 0.05) is 10.7 Å². The van der Waals surface area contributed by atoms with Gasteiger partial charge in [-0.3, -0.25) is 0 Å². The number of carbonyl (C=O) groups is 1. The van der Waals surface area contributed by atoms with Crippen LogP contribution in [0.15, 0.2) is 21.5 Å². The van der Waals surface area contributed by atoms with Crippen LogP contribution in [0.5, 0.6) is 0 Å². The summed E-state index contributed by atoms with van der Waals surface area (Å²) in [5.41, 5.74) is 0.788. The van der Waals surface area contributed by atoms with E-state index < -0.39 is 15.8 Å². The molecule has 4 nitrogen and oxygen atoms in total. The van der Waals surface area contributed by atoms with Gasteiger partial charge in [-0.15, -0.1) is 0 Å². The lowest BCUT2D eigenvalue weighted by Crippen LogP contribution is -2.06. The van der Waals surface area contributed by atoms with Crippen LogP contribution in [0.1, 0.15) is 15.9 Å². The summed E-state index contributed by atoms with van der Waals surface area (Å²) >= 11 is 3.21. The molecule has 0 saturated heterocycles. The number of rotatable bonds is 2. The lowest BCUT2D eigenvalue weighted by atomic mass is 10.1. The van der Waals surface area contributed by atoms with Crippen molar-refractivity contribution in [3.8, 4) is 0 Å². The standard InChI is InChI=1S/C10H11BrO4S/c1-6-8(11)4-7(10(12)15-2)5-9(6)16(3,13)14/h4-5H,1-3H3. The van der Waals surface area contributed by atoms with E-state index >= 15 is 0 Å². The summed E-state index contributed by atoms with van der Waals surface area (Å²) in [6.07, 6.45) is 1.10. The zero-order valence-electron chi connectivity index (χ0n) is 9.07. The van der Waals surface area contributed by atoms with Crippen molar-refractivity contribution in [1.29, 1.82) is 0 Å². The van der Waals surface area contributed by atoms with Crippen molar-refractivity contribution in [3.63, 3.8) is 0 Å². The van der Waals surface area contributed by atoms with Crippen molar-refractivity contribution in [2.24, 2.45) is 0 Å². The van der Waals surface area contributed by atoms with Gasteiger partial charge >= 0.3 is 5.97 Å². The number of methoxy groups -OCH3 is 1. The lowest BCUT2D eigenvalue weighted by Gasteiger charge is -2.08. The molecular weight excluding hydrogens is 296 g/mol. The zero-order valence-corrected chi connectivity index (χ0v) is 11.5. The Morgan fingerprint density at radius 2 is 1.94 bits per heavy atom. The summed E-state index contributed by atoms with van der Waals surface area (Å²) in [4.78, 5) is 11.4. The van der Waals surface area contributed by atoms with E-state index in [-0.39, 0.29) is 10.5 Å². The minimum absolute atomic E-state index is 0.127. The molecule has 0 radical (unpaired) electrons. The molecule has 0 N–H and O–H groups in total. The summed E-state index contributed by atoms with van der Waals surface area (Å²) in [6, 6.07) is 2.86. The third-order valence-electron chi connectivity index (χ3n) is 2.12. The van der Waals surface area contributed by atoms with Crippen molar-refractivity contribution in [2.45, 2.75) is 11.8 Å². The van der Waals surface area contributed by atoms with Gasteiger partial charge in [-0.05, 0) is 24.6 Å². The van der Waals surface area contributed by atoms with Crippen molar-refractivity contribution in [2.75, 3.05) is 13.4 Å². The number of benzene rings is 1. The van der Waals surface area contributed by atoms with Crippen LogP contribution in [0.2, 0.25) is 0 Å². The van der Waals surface area contributed by atoms with Crippen LogP contribution >= 0.6 is 15.9 Å². The fraction of sp³-hybridized carbons (Fsp3) is 0.300. The van der Waals surface area contributed by atoms with Crippen LogP contribution in [-0.2, 0) is 14.6 Å². The molecule has 1 aromatic carbocycles. The molecule has 0 atom stereocenters. The fourth-order valence-electron chi connectivity index (χ4n) is 1.27. The van der Waals surface area contributed by atoms with E-state index in [0.717, 1.165) is 6.26 Å². The monoisotopic (exact) mass is 306 g/mol. The fourth-order valence-corrected chi connectivity index (χ4v) is 2.87. The van der Waals surface area contributed by atoms with Gasteiger partial charge in [0.1, 0.15) is 0 Å². The predicted molar refractivity (Wildman–Crippen MR) is 63.3 cm³/mol. The molecule has 0 saturated carbocycles. The van der Waals surface area contributed by atoms with E-state index in [2.05, 4.69) is 20.7 Å². The molecular formula is C10H11BrO4S. The molecule has 0 fully saturated rings. The minimum atomic E-state index is -3.36. The van der Waals surface area contributed by atoms with Gasteiger partial charge in [0.05, 0.1) is 17.6 Å². The maximum Gasteiger partial charge on any atom is 0.337 e. The van der Waals surface area contributed by atoms with E-state index in [1.165, 1.54) is 19.2 Å². The van der Waals surface area contributed by atoms with Gasteiger partial charge in [-0.25, -0.2) is 13.2 Å². The highest BCUT2D eigenvalue weighted by Crippen LogP contribution is 2.26. The number of carbonyl (C=O) groups excluding carboxylic acids is 1. The normalized spacial score (nSPS) is 11.2. The van der Waals surface area contributed by atoms with Gasteiger partial charge < -0.3 is 4.74 Å². The lowest BCUT2D eigenvalue weighted by molar-refractivity contribution is 0.0600. The van der Waals surface area contributed by atoms with Gasteiger partial charge in [0.25, 0.3) is 0 Å². The molecule has 88 valence electrons. The largest absolute Gasteiger partial charge is 0.465 e. The number of esters is 1. The maximum absolute atomic E-state index is 11.5. The van der Waals surface area contributed by atoms with Gasteiger partial charge in [-0.2, -0.15) is 0 Å². The Kier molecular flexibility index (Phi) is 3.75. The molecule has 0 aliphatic carbocycles. The quantitative estimate of drug-likeness (QED) is 0.784. The Bertz CT molecular complexity index is 534. The van der Waals surface area contributed by atoms with Crippen LogP contribution in [0.3, 0.4) is 0 Å². The van der Waals surface area contributed by atoms with Crippen molar-refractivity contribution in [3.05, 3.63) is 27.7 Å². The van der Waals surface area contributed by atoms with E-state index in [1.54, 1.807) is 6.92 Å². The molecule has 0 heterocycles. The van der Waals surface area contributed by atoms with Crippen LogP contribution < -0.4 is 0 Å². The van der Waals surface area contributed by atoms with E-state index in [0.29, 0.717) is 10.0 Å². The molecule has 0 aliphatic heterocycles. The second kappa shape index (κ2) is 4.55. The van der Waals surface area contributed by atoms with Crippen molar-refractivity contribution in [1.82, 2.24) is 0 Å². The van der Waals surface area contributed by atoms with Gasteiger partial charge in [0.2, 0.25) is 0 Å². The number of hydrogen-bond acceptors (Lipinski definition) is 4. The number of ether oxygens (including phenoxy) is 1. The second-order valence-electron chi connectivity index (χ2n) is 3.34. The van der Waals surface area contributed by atoms with E-state index in [1.807, 2.05) is 0 Å². The van der Waals surface area contributed by atoms with Crippen LogP contribution in [0, 0.1) is 6.92 Å². The third-order valence-corrected chi connectivity index (χ3v) is 4.16. The first kappa shape index (κ1) is 13.2. The Balaban J connectivity index is 3.52. The predicted octanol–water partition coefficient (Wildman–Crippen LogP) is 1.95. The van der Waals surface area contributed by atoms with Crippen LogP contribution in [-0.4, -0.2) is 27.8 Å². The summed E-state index contributed by atoms with van der Waals surface area (Å²) in [7, 11) is -2.11. The molecule has 16 heavy (non-hydrogen) atoms. The maximum atomic E-state index is 11.5. The Morgan fingerprint density at radius 1 is 1.38 bits per heavy atom. The molecule has 0 aliphatic rings. The Hall–Kier alpha value is -0.880. The Morgan fingerprint density at radius 3 is 2.38 bits per heavy atom. The second-order valence-corrected chi connectivity index (χ2v) is 6.18. The molecule has 1 aromatic rings. The average Bonchev–Trinajstić information content (AvgIpc) is 2.18. The summed E-state index contributed by atoms with van der Waals surface area (Å²) < 4.78 is 28.1. The molecule has 0 bridgehead atoms. The highest BCUT2D eigenvalue weighted by molar-refractivity contribution is 9.10. The van der Waals surface area contributed by atoms with Crippen LogP contribution in [0.4, 0.5) is 0 Å². The SMILES string of the molecule is COC(=O)c1cc(Br)c(C)c(S(C)(=O)=O)c1. The van der Waals surface area contributed by atoms with Crippen molar-refractivity contribution < 1.29 is 17.9 Å². The molecule has 0 amide bonds. The zero-order chi connectivity index (χ0) is 12.5. The number of hydrogen-bond donors (Lipinski definition) is 0. The smallest absolute Gasteiger partial charge is 0.337 e. The third kappa shape index (κ3) is 2.62. The molecule has 0 aromatic heterocycles. The minimum Gasteiger partial charge on any atom is -0.465 e. The topological polar surface area (TPSA) is 60.4 Å². The summed E-state index contributed by atoms with van der Waals surface area (Å²) in [5, 5.41) is 0. The number of halogens is 1.